The molecule has 2 unspecified atom stereocenters. The maximum atomic E-state index is 11.2. The van der Waals surface area contributed by atoms with Gasteiger partial charge in [-0.05, 0) is 24.0 Å². The second-order valence-electron chi connectivity index (χ2n) is 3.49. The van der Waals surface area contributed by atoms with Crippen molar-refractivity contribution in [1.29, 1.82) is 0 Å². The molecule has 0 N–H and O–H groups in total. The van der Waals surface area contributed by atoms with Gasteiger partial charge in [-0.15, -0.1) is 0 Å². The SMILES string of the molecule is COC(=O)C1CC1c1ccccc1Cl. The Morgan fingerprint density at radius 3 is 2.86 bits per heavy atom. The molecule has 14 heavy (non-hydrogen) atoms. The average Bonchev–Trinajstić information content (AvgIpc) is 2.97. The summed E-state index contributed by atoms with van der Waals surface area (Å²) in [5, 5.41) is 0.740. The third-order valence-corrected chi connectivity index (χ3v) is 2.94. The molecule has 3 heteroatoms. The lowest BCUT2D eigenvalue weighted by Gasteiger charge is -2.01. The van der Waals surface area contributed by atoms with Crippen molar-refractivity contribution < 1.29 is 9.53 Å². The fourth-order valence-electron chi connectivity index (χ4n) is 1.73. The predicted molar refractivity (Wildman–Crippen MR) is 54.3 cm³/mol. The van der Waals surface area contributed by atoms with Crippen LogP contribution in [0.2, 0.25) is 5.02 Å². The molecule has 1 fully saturated rings. The van der Waals surface area contributed by atoms with Gasteiger partial charge in [0.15, 0.2) is 0 Å². The highest BCUT2D eigenvalue weighted by Crippen LogP contribution is 2.49. The van der Waals surface area contributed by atoms with Crippen molar-refractivity contribution in [3.63, 3.8) is 0 Å². The minimum atomic E-state index is -0.130. The molecule has 0 amide bonds. The van der Waals surface area contributed by atoms with Gasteiger partial charge in [0.25, 0.3) is 0 Å². The van der Waals surface area contributed by atoms with Crippen LogP contribution >= 0.6 is 11.6 Å². The van der Waals surface area contributed by atoms with Gasteiger partial charge < -0.3 is 4.74 Å². The first-order valence-corrected chi connectivity index (χ1v) is 4.94. The lowest BCUT2D eigenvalue weighted by Crippen LogP contribution is -2.03. The predicted octanol–water partition coefficient (Wildman–Crippen LogP) is 2.62. The summed E-state index contributed by atoms with van der Waals surface area (Å²) in [6.45, 7) is 0. The summed E-state index contributed by atoms with van der Waals surface area (Å²) in [6.07, 6.45) is 0.858. The molecule has 1 saturated carbocycles. The van der Waals surface area contributed by atoms with Crippen molar-refractivity contribution in [2.45, 2.75) is 12.3 Å². The summed E-state index contributed by atoms with van der Waals surface area (Å²) < 4.78 is 4.68. The van der Waals surface area contributed by atoms with Gasteiger partial charge in [-0.2, -0.15) is 0 Å². The van der Waals surface area contributed by atoms with Crippen LogP contribution in [0.15, 0.2) is 24.3 Å². The van der Waals surface area contributed by atoms with Crippen LogP contribution in [0.25, 0.3) is 0 Å². The Bertz CT molecular complexity index is 362. The Labute approximate surface area is 87.8 Å². The van der Waals surface area contributed by atoms with Crippen LogP contribution in [-0.4, -0.2) is 13.1 Å². The Morgan fingerprint density at radius 2 is 2.21 bits per heavy atom. The van der Waals surface area contributed by atoms with Gasteiger partial charge in [-0.1, -0.05) is 29.8 Å². The molecule has 0 saturated heterocycles. The number of esters is 1. The number of ether oxygens (including phenoxy) is 1. The number of hydrogen-bond acceptors (Lipinski definition) is 2. The molecule has 1 aromatic carbocycles. The van der Waals surface area contributed by atoms with Crippen LogP contribution in [-0.2, 0) is 9.53 Å². The standard InChI is InChI=1S/C11H11ClO2/c1-14-11(13)9-6-8(9)7-4-2-3-5-10(7)12/h2-5,8-9H,6H2,1H3. The Hall–Kier alpha value is -1.02. The number of carbonyl (C=O) groups excluding carboxylic acids is 1. The highest BCUT2D eigenvalue weighted by atomic mass is 35.5. The summed E-state index contributed by atoms with van der Waals surface area (Å²) in [6, 6.07) is 7.65. The van der Waals surface area contributed by atoms with Crippen molar-refractivity contribution >= 4 is 17.6 Å². The fraction of sp³-hybridized carbons (Fsp3) is 0.364. The fourth-order valence-corrected chi connectivity index (χ4v) is 2.00. The van der Waals surface area contributed by atoms with Crippen molar-refractivity contribution in [3.8, 4) is 0 Å². The van der Waals surface area contributed by atoms with E-state index in [4.69, 9.17) is 11.6 Å². The number of methoxy groups -OCH3 is 1. The maximum absolute atomic E-state index is 11.2. The molecule has 2 atom stereocenters. The minimum absolute atomic E-state index is 0.0138. The van der Waals surface area contributed by atoms with E-state index >= 15 is 0 Å². The van der Waals surface area contributed by atoms with E-state index in [-0.39, 0.29) is 17.8 Å². The third kappa shape index (κ3) is 1.62. The number of rotatable bonds is 2. The molecule has 1 aliphatic carbocycles. The van der Waals surface area contributed by atoms with Crippen LogP contribution in [0, 0.1) is 5.92 Å². The normalized spacial score (nSPS) is 24.4. The Balaban J connectivity index is 2.13. The third-order valence-electron chi connectivity index (χ3n) is 2.60. The summed E-state index contributed by atoms with van der Waals surface area (Å²) in [5.41, 5.74) is 1.06. The first kappa shape index (κ1) is 9.53. The van der Waals surface area contributed by atoms with E-state index in [1.54, 1.807) is 0 Å². The van der Waals surface area contributed by atoms with E-state index in [2.05, 4.69) is 4.74 Å². The number of halogens is 1. The number of carbonyl (C=O) groups is 1. The Kier molecular flexibility index (Phi) is 2.46. The van der Waals surface area contributed by atoms with Crippen LogP contribution in [0.5, 0.6) is 0 Å². The summed E-state index contributed by atoms with van der Waals surface area (Å²) in [7, 11) is 1.42. The quantitative estimate of drug-likeness (QED) is 0.702. The zero-order valence-corrected chi connectivity index (χ0v) is 8.62. The van der Waals surface area contributed by atoms with Crippen LogP contribution in [0.3, 0.4) is 0 Å². The zero-order chi connectivity index (χ0) is 10.1. The van der Waals surface area contributed by atoms with E-state index in [0.29, 0.717) is 0 Å². The van der Waals surface area contributed by atoms with Crippen LogP contribution < -0.4 is 0 Å². The molecule has 0 bridgehead atoms. The van der Waals surface area contributed by atoms with Gasteiger partial charge in [0.1, 0.15) is 0 Å². The molecule has 0 spiro atoms. The molecular formula is C11H11ClO2. The molecule has 0 heterocycles. The largest absolute Gasteiger partial charge is 0.469 e. The molecule has 0 aliphatic heterocycles. The average molecular weight is 211 g/mol. The lowest BCUT2D eigenvalue weighted by molar-refractivity contribution is -0.142. The van der Waals surface area contributed by atoms with E-state index in [9.17, 15) is 4.79 Å². The molecule has 0 radical (unpaired) electrons. The van der Waals surface area contributed by atoms with Crippen molar-refractivity contribution in [2.24, 2.45) is 5.92 Å². The van der Waals surface area contributed by atoms with Gasteiger partial charge in [0, 0.05) is 5.02 Å². The zero-order valence-electron chi connectivity index (χ0n) is 7.87. The van der Waals surface area contributed by atoms with Crippen LogP contribution in [0.1, 0.15) is 17.9 Å². The van der Waals surface area contributed by atoms with Crippen molar-refractivity contribution in [1.82, 2.24) is 0 Å². The first-order valence-electron chi connectivity index (χ1n) is 4.56. The second kappa shape index (κ2) is 3.62. The molecule has 2 nitrogen and oxygen atoms in total. The highest BCUT2D eigenvalue weighted by Gasteiger charge is 2.45. The maximum Gasteiger partial charge on any atom is 0.309 e. The molecular weight excluding hydrogens is 200 g/mol. The molecule has 74 valence electrons. The number of hydrogen-bond donors (Lipinski definition) is 0. The Morgan fingerprint density at radius 1 is 1.50 bits per heavy atom. The highest BCUT2D eigenvalue weighted by molar-refractivity contribution is 6.31. The van der Waals surface area contributed by atoms with E-state index in [0.717, 1.165) is 17.0 Å². The first-order chi connectivity index (χ1) is 6.74. The molecule has 2 rings (SSSR count). The summed E-state index contributed by atoms with van der Waals surface area (Å²) >= 11 is 6.02. The number of benzene rings is 1. The molecule has 1 aromatic rings. The van der Waals surface area contributed by atoms with E-state index in [1.165, 1.54) is 7.11 Å². The van der Waals surface area contributed by atoms with Crippen molar-refractivity contribution in [3.05, 3.63) is 34.9 Å². The lowest BCUT2D eigenvalue weighted by atomic mass is 10.1. The van der Waals surface area contributed by atoms with Gasteiger partial charge in [0.2, 0.25) is 0 Å². The molecule has 1 aliphatic rings. The second-order valence-corrected chi connectivity index (χ2v) is 3.90. The minimum Gasteiger partial charge on any atom is -0.469 e. The summed E-state index contributed by atoms with van der Waals surface area (Å²) in [4.78, 5) is 11.2. The monoisotopic (exact) mass is 210 g/mol. The molecule has 0 aromatic heterocycles. The van der Waals surface area contributed by atoms with Gasteiger partial charge >= 0.3 is 5.97 Å². The van der Waals surface area contributed by atoms with Crippen LogP contribution in [0.4, 0.5) is 0 Å². The van der Waals surface area contributed by atoms with Gasteiger partial charge in [-0.25, -0.2) is 0 Å². The smallest absolute Gasteiger partial charge is 0.309 e. The van der Waals surface area contributed by atoms with E-state index in [1.807, 2.05) is 24.3 Å². The topological polar surface area (TPSA) is 26.3 Å². The van der Waals surface area contributed by atoms with Crippen molar-refractivity contribution in [2.75, 3.05) is 7.11 Å². The van der Waals surface area contributed by atoms with Gasteiger partial charge in [-0.3, -0.25) is 4.79 Å². The summed E-state index contributed by atoms with van der Waals surface area (Å²) in [5.74, 6) is 0.144. The van der Waals surface area contributed by atoms with Gasteiger partial charge in [0.05, 0.1) is 13.0 Å². The van der Waals surface area contributed by atoms with E-state index < -0.39 is 0 Å².